The zero-order valence-electron chi connectivity index (χ0n) is 8.32. The SMILES string of the molecule is C[N+](C)(C)c1ccccc1CP=O. The molecule has 0 N–H and O–H groups in total. The minimum absolute atomic E-state index is 0.188. The smallest absolute Gasteiger partial charge is 0.160 e. The molecule has 0 saturated heterocycles. The van der Waals surface area contributed by atoms with Gasteiger partial charge in [0.05, 0.1) is 27.3 Å². The van der Waals surface area contributed by atoms with Crippen LogP contribution in [0.25, 0.3) is 0 Å². The Hall–Kier alpha value is -0.720. The highest BCUT2D eigenvalue weighted by molar-refractivity contribution is 7.22. The second-order valence-corrected chi connectivity index (χ2v) is 4.50. The van der Waals surface area contributed by atoms with Crippen molar-refractivity contribution in [3.63, 3.8) is 0 Å². The Morgan fingerprint density at radius 3 is 2.38 bits per heavy atom. The lowest BCUT2D eigenvalue weighted by Gasteiger charge is -2.25. The minimum Gasteiger partial charge on any atom is -0.298 e. The van der Waals surface area contributed by atoms with E-state index in [4.69, 9.17) is 0 Å². The maximum Gasteiger partial charge on any atom is 0.160 e. The van der Waals surface area contributed by atoms with Crippen LogP contribution in [0.2, 0.25) is 0 Å². The maximum absolute atomic E-state index is 10.5. The zero-order valence-corrected chi connectivity index (χ0v) is 9.21. The summed E-state index contributed by atoms with van der Waals surface area (Å²) >= 11 is 0. The average molecular weight is 196 g/mol. The Morgan fingerprint density at radius 1 is 1.23 bits per heavy atom. The fourth-order valence-corrected chi connectivity index (χ4v) is 1.77. The molecule has 1 aromatic carbocycles. The van der Waals surface area contributed by atoms with Gasteiger partial charge in [-0.1, -0.05) is 18.2 Å². The van der Waals surface area contributed by atoms with Gasteiger partial charge in [0.15, 0.2) is 8.46 Å². The molecule has 70 valence electrons. The predicted octanol–water partition coefficient (Wildman–Crippen LogP) is 2.68. The van der Waals surface area contributed by atoms with Crippen LogP contribution in [0, 0.1) is 0 Å². The van der Waals surface area contributed by atoms with Crippen LogP contribution in [-0.4, -0.2) is 21.1 Å². The lowest BCUT2D eigenvalue weighted by Crippen LogP contribution is -2.35. The van der Waals surface area contributed by atoms with Crippen molar-refractivity contribution in [3.8, 4) is 0 Å². The molecule has 0 aliphatic carbocycles. The topological polar surface area (TPSA) is 17.1 Å². The summed E-state index contributed by atoms with van der Waals surface area (Å²) in [5, 5.41) is 0. The number of nitrogens with zero attached hydrogens (tertiary/aromatic N) is 1. The number of hydrogen-bond acceptors (Lipinski definition) is 1. The second-order valence-electron chi connectivity index (χ2n) is 3.93. The van der Waals surface area contributed by atoms with Crippen LogP contribution in [0.1, 0.15) is 5.56 Å². The van der Waals surface area contributed by atoms with Crippen LogP contribution in [-0.2, 0) is 10.7 Å². The van der Waals surface area contributed by atoms with E-state index in [1.165, 1.54) is 5.69 Å². The molecule has 0 atom stereocenters. The van der Waals surface area contributed by atoms with Crippen LogP contribution in [0.15, 0.2) is 24.3 Å². The molecule has 13 heavy (non-hydrogen) atoms. The zero-order chi connectivity index (χ0) is 9.90. The van der Waals surface area contributed by atoms with Crippen LogP contribution in [0.3, 0.4) is 0 Å². The molecule has 2 nitrogen and oxygen atoms in total. The summed E-state index contributed by atoms with van der Waals surface area (Å²) in [6.07, 6.45) is 0.603. The van der Waals surface area contributed by atoms with Crippen molar-refractivity contribution >= 4 is 14.1 Å². The van der Waals surface area contributed by atoms with Gasteiger partial charge in [-0.05, 0) is 6.07 Å². The molecule has 0 aromatic heterocycles. The Labute approximate surface area is 81.0 Å². The molecule has 1 rings (SSSR count). The Balaban J connectivity index is 3.11. The van der Waals surface area contributed by atoms with Gasteiger partial charge in [0, 0.05) is 5.56 Å². The highest BCUT2D eigenvalue weighted by atomic mass is 31.1. The van der Waals surface area contributed by atoms with Gasteiger partial charge < -0.3 is 0 Å². The molecule has 0 bridgehead atoms. The molecule has 3 heteroatoms. The van der Waals surface area contributed by atoms with Gasteiger partial charge in [-0.15, -0.1) is 0 Å². The summed E-state index contributed by atoms with van der Waals surface area (Å²) in [5.74, 6) is 0. The van der Waals surface area contributed by atoms with E-state index in [0.717, 1.165) is 10.0 Å². The molecular formula is C10H15NOP+. The van der Waals surface area contributed by atoms with Gasteiger partial charge in [-0.25, -0.2) is 0 Å². The van der Waals surface area contributed by atoms with E-state index < -0.39 is 0 Å². The first-order valence-electron chi connectivity index (χ1n) is 4.24. The summed E-state index contributed by atoms with van der Waals surface area (Å²) in [4.78, 5) is 0. The van der Waals surface area contributed by atoms with Crippen molar-refractivity contribution in [2.45, 2.75) is 6.16 Å². The monoisotopic (exact) mass is 196 g/mol. The number of benzene rings is 1. The van der Waals surface area contributed by atoms with Crippen LogP contribution in [0.4, 0.5) is 5.69 Å². The van der Waals surface area contributed by atoms with Gasteiger partial charge in [0.2, 0.25) is 0 Å². The molecule has 0 aliphatic rings. The standard InChI is InChI=1S/C10H15NOP/c1-11(2,3)10-7-5-4-6-9(10)8-13-12/h4-7H,8H2,1-3H3/q+1. The first-order chi connectivity index (χ1) is 6.05. The second kappa shape index (κ2) is 3.99. The lowest BCUT2D eigenvalue weighted by molar-refractivity contribution is 0.483. The van der Waals surface area contributed by atoms with Crippen molar-refractivity contribution in [2.24, 2.45) is 0 Å². The molecule has 0 heterocycles. The third kappa shape index (κ3) is 2.61. The van der Waals surface area contributed by atoms with E-state index in [1.807, 2.05) is 18.2 Å². The largest absolute Gasteiger partial charge is 0.298 e. The quantitative estimate of drug-likeness (QED) is 0.536. The van der Waals surface area contributed by atoms with E-state index in [2.05, 4.69) is 27.2 Å². The molecule has 0 amide bonds. The van der Waals surface area contributed by atoms with E-state index >= 15 is 0 Å². The molecule has 0 radical (unpaired) electrons. The van der Waals surface area contributed by atoms with E-state index in [1.54, 1.807) is 0 Å². The van der Waals surface area contributed by atoms with Gasteiger partial charge >= 0.3 is 0 Å². The molecular weight excluding hydrogens is 181 g/mol. The fraction of sp³-hybridized carbons (Fsp3) is 0.400. The Kier molecular flexibility index (Phi) is 3.18. The van der Waals surface area contributed by atoms with E-state index in [0.29, 0.717) is 6.16 Å². The van der Waals surface area contributed by atoms with Crippen molar-refractivity contribution in [1.29, 1.82) is 0 Å². The number of quaternary nitrogens is 1. The van der Waals surface area contributed by atoms with Gasteiger partial charge in [-0.3, -0.25) is 9.05 Å². The highest BCUT2D eigenvalue weighted by Gasteiger charge is 2.15. The molecule has 1 aromatic rings. The first kappa shape index (κ1) is 10.4. The van der Waals surface area contributed by atoms with Gasteiger partial charge in [0.1, 0.15) is 5.69 Å². The Bertz CT molecular complexity index is 304. The Morgan fingerprint density at radius 2 is 1.85 bits per heavy atom. The third-order valence-electron chi connectivity index (χ3n) is 1.95. The lowest BCUT2D eigenvalue weighted by atomic mass is 10.2. The van der Waals surface area contributed by atoms with E-state index in [9.17, 15) is 4.57 Å². The summed E-state index contributed by atoms with van der Waals surface area (Å²) in [7, 11) is 6.52. The number of para-hydroxylation sites is 1. The number of hydrogen-bond donors (Lipinski definition) is 0. The summed E-state index contributed by atoms with van der Waals surface area (Å²) in [6.45, 7) is 0. The first-order valence-corrected chi connectivity index (χ1v) is 5.24. The molecule has 0 saturated carbocycles. The van der Waals surface area contributed by atoms with Crippen molar-refractivity contribution in [1.82, 2.24) is 4.48 Å². The predicted molar refractivity (Wildman–Crippen MR) is 57.3 cm³/mol. The molecule has 0 aliphatic heterocycles. The van der Waals surface area contributed by atoms with Crippen LogP contribution < -0.4 is 4.48 Å². The van der Waals surface area contributed by atoms with Crippen LogP contribution in [0.5, 0.6) is 0 Å². The maximum atomic E-state index is 10.5. The third-order valence-corrected chi connectivity index (χ3v) is 2.42. The molecule has 0 spiro atoms. The summed E-state index contributed by atoms with van der Waals surface area (Å²) < 4.78 is 11.3. The molecule has 0 fully saturated rings. The molecule has 0 unspecified atom stereocenters. The van der Waals surface area contributed by atoms with Crippen molar-refractivity contribution in [2.75, 3.05) is 21.1 Å². The fourth-order valence-electron chi connectivity index (χ4n) is 1.37. The van der Waals surface area contributed by atoms with Crippen LogP contribution >= 0.6 is 8.46 Å². The van der Waals surface area contributed by atoms with Crippen molar-refractivity contribution < 1.29 is 4.57 Å². The van der Waals surface area contributed by atoms with E-state index in [-0.39, 0.29) is 8.46 Å². The van der Waals surface area contributed by atoms with Gasteiger partial charge in [0.25, 0.3) is 0 Å². The minimum atomic E-state index is 0.188. The summed E-state index contributed by atoms with van der Waals surface area (Å²) in [6, 6.07) is 8.12. The summed E-state index contributed by atoms with van der Waals surface area (Å²) in [5.41, 5.74) is 2.39. The highest BCUT2D eigenvalue weighted by Crippen LogP contribution is 2.25. The number of rotatable bonds is 3. The average Bonchev–Trinajstić information content (AvgIpc) is 2.04. The van der Waals surface area contributed by atoms with Gasteiger partial charge in [-0.2, -0.15) is 0 Å². The van der Waals surface area contributed by atoms with Crippen molar-refractivity contribution in [3.05, 3.63) is 29.8 Å². The normalized spacial score (nSPS) is 11.9.